The Hall–Kier alpha value is -0.0800. The SMILES string of the molecule is C[C@H]1CCCC[C@]1(O)CN. The summed E-state index contributed by atoms with van der Waals surface area (Å²) in [6.45, 7) is 2.51. The molecular weight excluding hydrogens is 126 g/mol. The van der Waals surface area contributed by atoms with Crippen LogP contribution in [-0.4, -0.2) is 17.3 Å². The van der Waals surface area contributed by atoms with E-state index in [0.29, 0.717) is 12.5 Å². The van der Waals surface area contributed by atoms with Crippen molar-refractivity contribution in [2.24, 2.45) is 11.7 Å². The molecule has 1 saturated carbocycles. The van der Waals surface area contributed by atoms with Crippen LogP contribution in [0, 0.1) is 5.92 Å². The highest BCUT2D eigenvalue weighted by Gasteiger charge is 2.34. The minimum Gasteiger partial charge on any atom is -0.388 e. The van der Waals surface area contributed by atoms with Crippen LogP contribution in [0.4, 0.5) is 0 Å². The lowest BCUT2D eigenvalue weighted by Crippen LogP contribution is -2.45. The van der Waals surface area contributed by atoms with Crippen molar-refractivity contribution in [3.8, 4) is 0 Å². The summed E-state index contributed by atoms with van der Waals surface area (Å²) in [5.41, 5.74) is 4.93. The molecule has 0 aromatic rings. The molecule has 0 aromatic carbocycles. The van der Waals surface area contributed by atoms with Crippen LogP contribution in [0.15, 0.2) is 0 Å². The summed E-state index contributed by atoms with van der Waals surface area (Å²) < 4.78 is 0. The minimum atomic E-state index is -0.543. The molecule has 60 valence electrons. The van der Waals surface area contributed by atoms with E-state index in [-0.39, 0.29) is 0 Å². The Labute approximate surface area is 62.4 Å². The second-order valence-corrected chi connectivity index (χ2v) is 3.45. The number of rotatable bonds is 1. The highest BCUT2D eigenvalue weighted by Crippen LogP contribution is 2.32. The van der Waals surface area contributed by atoms with E-state index in [4.69, 9.17) is 5.73 Å². The summed E-state index contributed by atoms with van der Waals surface area (Å²) in [4.78, 5) is 0. The molecule has 2 nitrogen and oxygen atoms in total. The zero-order valence-electron chi connectivity index (χ0n) is 6.64. The summed E-state index contributed by atoms with van der Waals surface area (Å²) in [7, 11) is 0. The first-order chi connectivity index (χ1) is 4.69. The largest absolute Gasteiger partial charge is 0.388 e. The molecule has 2 heteroatoms. The van der Waals surface area contributed by atoms with Gasteiger partial charge in [0.25, 0.3) is 0 Å². The van der Waals surface area contributed by atoms with Gasteiger partial charge in [-0.05, 0) is 18.8 Å². The predicted molar refractivity (Wildman–Crippen MR) is 41.6 cm³/mol. The van der Waals surface area contributed by atoms with Crippen LogP contribution in [0.2, 0.25) is 0 Å². The van der Waals surface area contributed by atoms with Gasteiger partial charge < -0.3 is 10.8 Å². The van der Waals surface area contributed by atoms with E-state index in [1.807, 2.05) is 0 Å². The lowest BCUT2D eigenvalue weighted by atomic mass is 9.76. The molecule has 1 rings (SSSR count). The monoisotopic (exact) mass is 143 g/mol. The van der Waals surface area contributed by atoms with Crippen LogP contribution in [0.1, 0.15) is 32.6 Å². The van der Waals surface area contributed by atoms with E-state index in [2.05, 4.69) is 6.92 Å². The molecule has 1 fully saturated rings. The molecule has 0 unspecified atom stereocenters. The van der Waals surface area contributed by atoms with E-state index in [9.17, 15) is 5.11 Å². The number of nitrogens with two attached hydrogens (primary N) is 1. The van der Waals surface area contributed by atoms with Crippen molar-refractivity contribution in [3.63, 3.8) is 0 Å². The Morgan fingerprint density at radius 1 is 1.60 bits per heavy atom. The van der Waals surface area contributed by atoms with Crippen molar-refractivity contribution >= 4 is 0 Å². The second-order valence-electron chi connectivity index (χ2n) is 3.45. The van der Waals surface area contributed by atoms with Gasteiger partial charge in [-0.25, -0.2) is 0 Å². The van der Waals surface area contributed by atoms with Crippen molar-refractivity contribution in [2.45, 2.75) is 38.2 Å². The van der Waals surface area contributed by atoms with Gasteiger partial charge in [0.15, 0.2) is 0 Å². The van der Waals surface area contributed by atoms with Crippen LogP contribution in [0.5, 0.6) is 0 Å². The Kier molecular flexibility index (Phi) is 2.32. The molecule has 3 N–H and O–H groups in total. The molecule has 0 aliphatic heterocycles. The maximum atomic E-state index is 9.82. The van der Waals surface area contributed by atoms with Gasteiger partial charge >= 0.3 is 0 Å². The fourth-order valence-electron chi connectivity index (χ4n) is 1.70. The molecule has 1 aliphatic carbocycles. The van der Waals surface area contributed by atoms with Gasteiger partial charge in [0.05, 0.1) is 5.60 Å². The third kappa shape index (κ3) is 1.32. The van der Waals surface area contributed by atoms with Crippen molar-refractivity contribution in [3.05, 3.63) is 0 Å². The second kappa shape index (κ2) is 2.89. The van der Waals surface area contributed by atoms with Gasteiger partial charge in [0, 0.05) is 6.54 Å². The predicted octanol–water partition coefficient (Wildman–Crippen LogP) is 0.886. The molecule has 0 spiro atoms. The van der Waals surface area contributed by atoms with Gasteiger partial charge in [-0.3, -0.25) is 0 Å². The quantitative estimate of drug-likeness (QED) is 0.572. The Bertz CT molecular complexity index is 116. The summed E-state index contributed by atoms with van der Waals surface area (Å²) in [5.74, 6) is 0.395. The summed E-state index contributed by atoms with van der Waals surface area (Å²) in [5, 5.41) is 9.82. The maximum Gasteiger partial charge on any atom is 0.0794 e. The normalized spacial score (nSPS) is 41.7. The van der Waals surface area contributed by atoms with Crippen molar-refractivity contribution in [2.75, 3.05) is 6.54 Å². The Balaban J connectivity index is 2.54. The third-order valence-corrected chi connectivity index (χ3v) is 2.77. The van der Waals surface area contributed by atoms with E-state index in [0.717, 1.165) is 19.3 Å². The van der Waals surface area contributed by atoms with Crippen LogP contribution < -0.4 is 5.73 Å². The van der Waals surface area contributed by atoms with Crippen LogP contribution >= 0.6 is 0 Å². The van der Waals surface area contributed by atoms with Gasteiger partial charge in [0.1, 0.15) is 0 Å². The molecule has 0 saturated heterocycles. The zero-order chi connectivity index (χ0) is 7.61. The van der Waals surface area contributed by atoms with Gasteiger partial charge in [-0.1, -0.05) is 19.8 Å². The Morgan fingerprint density at radius 3 is 2.70 bits per heavy atom. The first-order valence-electron chi connectivity index (χ1n) is 4.11. The molecule has 0 aromatic heterocycles. The smallest absolute Gasteiger partial charge is 0.0794 e. The topological polar surface area (TPSA) is 46.2 Å². The number of aliphatic hydroxyl groups is 1. The van der Waals surface area contributed by atoms with Crippen LogP contribution in [0.25, 0.3) is 0 Å². The lowest BCUT2D eigenvalue weighted by molar-refractivity contribution is -0.0326. The standard InChI is InChI=1S/C8H17NO/c1-7-4-2-3-5-8(7,10)6-9/h7,10H,2-6,9H2,1H3/t7-,8-/m0/s1. The Morgan fingerprint density at radius 2 is 2.30 bits per heavy atom. The zero-order valence-corrected chi connectivity index (χ0v) is 6.64. The van der Waals surface area contributed by atoms with Crippen molar-refractivity contribution in [1.82, 2.24) is 0 Å². The van der Waals surface area contributed by atoms with E-state index >= 15 is 0 Å². The third-order valence-electron chi connectivity index (χ3n) is 2.77. The molecule has 0 heterocycles. The molecular formula is C8H17NO. The lowest BCUT2D eigenvalue weighted by Gasteiger charge is -2.36. The molecule has 1 aliphatic rings. The van der Waals surface area contributed by atoms with Crippen molar-refractivity contribution < 1.29 is 5.11 Å². The summed E-state index contributed by atoms with van der Waals surface area (Å²) in [6, 6.07) is 0. The maximum absolute atomic E-state index is 9.82. The fourth-order valence-corrected chi connectivity index (χ4v) is 1.70. The van der Waals surface area contributed by atoms with Gasteiger partial charge in [-0.15, -0.1) is 0 Å². The average Bonchev–Trinajstić information content (AvgIpc) is 1.96. The summed E-state index contributed by atoms with van der Waals surface area (Å²) >= 11 is 0. The molecule has 2 atom stereocenters. The number of hydrogen-bond acceptors (Lipinski definition) is 2. The molecule has 0 bridgehead atoms. The van der Waals surface area contributed by atoms with Crippen LogP contribution in [0.3, 0.4) is 0 Å². The number of hydrogen-bond donors (Lipinski definition) is 2. The van der Waals surface area contributed by atoms with Crippen molar-refractivity contribution in [1.29, 1.82) is 0 Å². The summed E-state index contributed by atoms with van der Waals surface area (Å²) in [6.07, 6.45) is 4.42. The van der Waals surface area contributed by atoms with Crippen LogP contribution in [-0.2, 0) is 0 Å². The molecule has 10 heavy (non-hydrogen) atoms. The first kappa shape index (κ1) is 8.02. The van der Waals surface area contributed by atoms with Gasteiger partial charge in [0.2, 0.25) is 0 Å². The van der Waals surface area contributed by atoms with Gasteiger partial charge in [-0.2, -0.15) is 0 Å². The molecule has 0 radical (unpaired) electrons. The highest BCUT2D eigenvalue weighted by molar-refractivity contribution is 4.88. The van der Waals surface area contributed by atoms with E-state index in [1.165, 1.54) is 6.42 Å². The minimum absolute atomic E-state index is 0.395. The fraction of sp³-hybridized carbons (Fsp3) is 1.00. The molecule has 0 amide bonds. The highest BCUT2D eigenvalue weighted by atomic mass is 16.3. The average molecular weight is 143 g/mol. The van der Waals surface area contributed by atoms with E-state index in [1.54, 1.807) is 0 Å². The van der Waals surface area contributed by atoms with E-state index < -0.39 is 5.60 Å². The first-order valence-corrected chi connectivity index (χ1v) is 4.11.